The molecule has 7 nitrogen and oxygen atoms in total. The monoisotopic (exact) mass is 498 g/mol. The Morgan fingerprint density at radius 3 is 2.29 bits per heavy atom. The number of aliphatic hydroxyl groups excluding tert-OH is 1. The maximum Gasteiger partial charge on any atom is 0.422 e. The van der Waals surface area contributed by atoms with E-state index in [1.807, 2.05) is 72.8 Å². The predicted octanol–water partition coefficient (Wildman–Crippen LogP) is 4.34. The third-order valence-corrected chi connectivity index (χ3v) is 5.15. The van der Waals surface area contributed by atoms with Crippen molar-refractivity contribution < 1.29 is 14.6 Å². The van der Waals surface area contributed by atoms with E-state index in [4.69, 9.17) is 10.5 Å². The molecule has 3 aromatic rings. The predicted molar refractivity (Wildman–Crippen MR) is 141 cm³/mol. The lowest BCUT2D eigenvalue weighted by molar-refractivity contribution is 0.0171. The number of hydrazine groups is 1. The number of ether oxygens (including phenoxy) is 1. The van der Waals surface area contributed by atoms with Crippen LogP contribution in [-0.4, -0.2) is 45.5 Å². The molecule has 1 aromatic heterocycles. The molecule has 0 aliphatic rings. The molecule has 2 aromatic carbocycles. The van der Waals surface area contributed by atoms with Gasteiger partial charge in [0.15, 0.2) is 0 Å². The van der Waals surface area contributed by atoms with Crippen molar-refractivity contribution in [1.29, 1.82) is 0 Å². The molecule has 188 valence electrons. The topological polar surface area (TPSA) is 101 Å². The highest BCUT2D eigenvalue weighted by Crippen LogP contribution is 2.18. The zero-order valence-electron chi connectivity index (χ0n) is 20.4. The van der Waals surface area contributed by atoms with E-state index >= 15 is 0 Å². The molecular formula is C27H35ClN4O3. The van der Waals surface area contributed by atoms with Gasteiger partial charge in [-0.05, 0) is 50.5 Å². The highest BCUT2D eigenvalue weighted by molar-refractivity contribution is 5.85. The second-order valence-electron chi connectivity index (χ2n) is 9.33. The standard InChI is InChI=1S/C27H34N4O3.ClH/c1-27(2,3)34-26(33)30-31(19-25(32)23(28)17-20-9-5-4-6-10-20)18-21-12-14-22(15-13-21)24-11-7-8-16-29-24;/h4-16,23,25,32H,17-19,28H2,1-3H3,(H,30,33);1H/t23-,25-;/m0./s1. The number of benzene rings is 2. The summed E-state index contributed by atoms with van der Waals surface area (Å²) in [6, 6.07) is 23.0. The van der Waals surface area contributed by atoms with Crippen LogP contribution >= 0.6 is 12.4 Å². The smallest absolute Gasteiger partial charge is 0.422 e. The first-order valence-corrected chi connectivity index (χ1v) is 11.4. The van der Waals surface area contributed by atoms with Gasteiger partial charge in [-0.2, -0.15) is 0 Å². The Bertz CT molecular complexity index is 1030. The molecule has 0 aliphatic carbocycles. The maximum absolute atomic E-state index is 12.4. The van der Waals surface area contributed by atoms with Crippen molar-refractivity contribution in [3.63, 3.8) is 0 Å². The summed E-state index contributed by atoms with van der Waals surface area (Å²) in [6.45, 7) is 5.93. The van der Waals surface area contributed by atoms with Crippen LogP contribution in [0, 0.1) is 0 Å². The van der Waals surface area contributed by atoms with Gasteiger partial charge in [0.1, 0.15) is 5.60 Å². The number of pyridine rings is 1. The second-order valence-corrected chi connectivity index (χ2v) is 9.33. The minimum absolute atomic E-state index is 0. The number of carbonyl (C=O) groups excluding carboxylic acids is 1. The molecule has 0 bridgehead atoms. The van der Waals surface area contributed by atoms with Gasteiger partial charge in [0.05, 0.1) is 11.8 Å². The number of nitrogens with zero attached hydrogens (tertiary/aromatic N) is 2. The Labute approximate surface area is 213 Å². The Kier molecular flexibility index (Phi) is 10.7. The number of aliphatic hydroxyl groups is 1. The highest BCUT2D eigenvalue weighted by Gasteiger charge is 2.23. The second kappa shape index (κ2) is 13.2. The van der Waals surface area contributed by atoms with E-state index in [9.17, 15) is 9.90 Å². The summed E-state index contributed by atoms with van der Waals surface area (Å²) < 4.78 is 5.41. The van der Waals surface area contributed by atoms with Crippen LogP contribution in [0.3, 0.4) is 0 Å². The van der Waals surface area contributed by atoms with Gasteiger partial charge in [-0.15, -0.1) is 12.4 Å². The minimum Gasteiger partial charge on any atom is -0.443 e. The van der Waals surface area contributed by atoms with Crippen LogP contribution in [0.25, 0.3) is 11.3 Å². The van der Waals surface area contributed by atoms with E-state index in [2.05, 4.69) is 10.4 Å². The Morgan fingerprint density at radius 2 is 1.69 bits per heavy atom. The van der Waals surface area contributed by atoms with Gasteiger partial charge in [0.2, 0.25) is 0 Å². The van der Waals surface area contributed by atoms with Gasteiger partial charge in [0.25, 0.3) is 0 Å². The number of halogens is 1. The average Bonchev–Trinajstić information content (AvgIpc) is 2.79. The third kappa shape index (κ3) is 9.66. The SMILES string of the molecule is CC(C)(C)OC(=O)NN(Cc1ccc(-c2ccccn2)cc1)C[C@H](O)[C@@H](N)Cc1ccccc1.Cl. The van der Waals surface area contributed by atoms with Crippen molar-refractivity contribution >= 4 is 18.5 Å². The fraction of sp³-hybridized carbons (Fsp3) is 0.333. The molecule has 0 saturated carbocycles. The number of amides is 1. The molecule has 0 saturated heterocycles. The Balaban J connectivity index is 0.00000432. The van der Waals surface area contributed by atoms with Crippen molar-refractivity contribution in [2.24, 2.45) is 5.73 Å². The number of hydrogen-bond acceptors (Lipinski definition) is 6. The van der Waals surface area contributed by atoms with Crippen LogP contribution < -0.4 is 11.2 Å². The zero-order valence-corrected chi connectivity index (χ0v) is 21.2. The van der Waals surface area contributed by atoms with Crippen LogP contribution in [0.15, 0.2) is 79.0 Å². The van der Waals surface area contributed by atoms with Crippen molar-refractivity contribution in [2.75, 3.05) is 6.54 Å². The molecule has 0 spiro atoms. The molecule has 0 unspecified atom stereocenters. The Hall–Kier alpha value is -2.97. The van der Waals surface area contributed by atoms with Gasteiger partial charge >= 0.3 is 6.09 Å². The quantitative estimate of drug-likeness (QED) is 0.379. The first-order chi connectivity index (χ1) is 16.2. The summed E-state index contributed by atoms with van der Waals surface area (Å²) in [5.41, 5.74) is 12.3. The van der Waals surface area contributed by atoms with Crippen molar-refractivity contribution in [3.8, 4) is 11.3 Å². The minimum atomic E-state index is -0.858. The van der Waals surface area contributed by atoms with Gasteiger partial charge in [-0.1, -0.05) is 60.7 Å². The number of rotatable bonds is 9. The van der Waals surface area contributed by atoms with E-state index in [0.717, 1.165) is 22.4 Å². The normalized spacial score (nSPS) is 13.0. The molecule has 0 fully saturated rings. The lowest BCUT2D eigenvalue weighted by Gasteiger charge is -2.29. The van der Waals surface area contributed by atoms with Crippen molar-refractivity contribution in [1.82, 2.24) is 15.4 Å². The number of carbonyl (C=O) groups is 1. The Morgan fingerprint density at radius 1 is 1.03 bits per heavy atom. The molecule has 2 atom stereocenters. The molecule has 0 radical (unpaired) electrons. The number of nitrogens with one attached hydrogen (secondary N) is 1. The maximum atomic E-state index is 12.4. The van der Waals surface area contributed by atoms with Crippen molar-refractivity contribution in [2.45, 2.75) is 51.5 Å². The molecule has 1 amide bonds. The van der Waals surface area contributed by atoms with Crippen LogP contribution in [0.4, 0.5) is 4.79 Å². The summed E-state index contributed by atoms with van der Waals surface area (Å²) in [5, 5.41) is 12.4. The van der Waals surface area contributed by atoms with E-state index < -0.39 is 23.8 Å². The molecule has 1 heterocycles. The first-order valence-electron chi connectivity index (χ1n) is 11.4. The van der Waals surface area contributed by atoms with Crippen LogP contribution in [0.1, 0.15) is 31.9 Å². The first kappa shape index (κ1) is 28.3. The van der Waals surface area contributed by atoms with E-state index in [0.29, 0.717) is 13.0 Å². The summed E-state index contributed by atoms with van der Waals surface area (Å²) in [5.74, 6) is 0. The van der Waals surface area contributed by atoms with Crippen LogP contribution in [0.5, 0.6) is 0 Å². The molecular weight excluding hydrogens is 464 g/mol. The van der Waals surface area contributed by atoms with E-state index in [-0.39, 0.29) is 19.0 Å². The molecule has 3 rings (SSSR count). The number of aromatic nitrogens is 1. The summed E-state index contributed by atoms with van der Waals surface area (Å²) >= 11 is 0. The number of hydrogen-bond donors (Lipinski definition) is 3. The summed E-state index contributed by atoms with van der Waals surface area (Å²) in [4.78, 5) is 16.8. The van der Waals surface area contributed by atoms with Crippen molar-refractivity contribution in [3.05, 3.63) is 90.1 Å². The van der Waals surface area contributed by atoms with Gasteiger partial charge < -0.3 is 15.6 Å². The van der Waals surface area contributed by atoms with Gasteiger partial charge in [0, 0.05) is 30.9 Å². The van der Waals surface area contributed by atoms with Gasteiger partial charge in [-0.3, -0.25) is 10.4 Å². The van der Waals surface area contributed by atoms with E-state index in [1.54, 1.807) is 32.0 Å². The average molecular weight is 499 g/mol. The largest absolute Gasteiger partial charge is 0.443 e. The lowest BCUT2D eigenvalue weighted by Crippen LogP contribution is -2.51. The lowest BCUT2D eigenvalue weighted by atomic mass is 10.0. The zero-order chi connectivity index (χ0) is 24.6. The molecule has 35 heavy (non-hydrogen) atoms. The summed E-state index contributed by atoms with van der Waals surface area (Å²) in [7, 11) is 0. The van der Waals surface area contributed by atoms with Crippen LogP contribution in [0.2, 0.25) is 0 Å². The highest BCUT2D eigenvalue weighted by atomic mass is 35.5. The molecule has 4 N–H and O–H groups in total. The molecule has 8 heteroatoms. The summed E-state index contributed by atoms with van der Waals surface area (Å²) in [6.07, 6.45) is 0.848. The fourth-order valence-electron chi connectivity index (χ4n) is 3.50. The number of nitrogens with two attached hydrogens (primary N) is 1. The molecule has 0 aliphatic heterocycles. The van der Waals surface area contributed by atoms with E-state index in [1.165, 1.54) is 0 Å². The van der Waals surface area contributed by atoms with Gasteiger partial charge in [-0.25, -0.2) is 9.80 Å². The third-order valence-electron chi connectivity index (χ3n) is 5.15. The fourth-order valence-corrected chi connectivity index (χ4v) is 3.50. The van der Waals surface area contributed by atoms with Crippen LogP contribution in [-0.2, 0) is 17.7 Å².